The van der Waals surface area contributed by atoms with Gasteiger partial charge in [-0.3, -0.25) is 9.48 Å². The number of hydrogen-bond acceptors (Lipinski definition) is 5. The van der Waals surface area contributed by atoms with Crippen LogP contribution >= 0.6 is 11.6 Å². The second-order valence-electron chi connectivity index (χ2n) is 4.34. The average molecular weight is 274 g/mol. The number of Topliss-reactive ketones (excluding diaryl/α,β-unsaturated/α-hetero) is 1. The molecule has 1 saturated heterocycles. The fourth-order valence-electron chi connectivity index (χ4n) is 1.93. The number of ketones is 1. The van der Waals surface area contributed by atoms with E-state index >= 15 is 0 Å². The van der Waals surface area contributed by atoms with E-state index in [-0.39, 0.29) is 12.4 Å². The molecule has 0 bridgehead atoms. The number of rotatable bonds is 5. The van der Waals surface area contributed by atoms with Crippen molar-refractivity contribution in [3.8, 4) is 0 Å². The zero-order valence-electron chi connectivity index (χ0n) is 10.2. The first-order valence-electron chi connectivity index (χ1n) is 5.70. The summed E-state index contributed by atoms with van der Waals surface area (Å²) in [5, 5.41) is 4.38. The van der Waals surface area contributed by atoms with Crippen LogP contribution in [-0.4, -0.2) is 48.0 Å². The maximum atomic E-state index is 12.4. The summed E-state index contributed by atoms with van der Waals surface area (Å²) < 4.78 is 11.7. The molecule has 1 fully saturated rings. The molecule has 1 aromatic heterocycles. The summed E-state index contributed by atoms with van der Waals surface area (Å²) in [6.07, 6.45) is 1.95. The van der Waals surface area contributed by atoms with Crippen molar-refractivity contribution in [2.24, 2.45) is 5.73 Å². The molecule has 2 heterocycles. The lowest BCUT2D eigenvalue weighted by Crippen LogP contribution is -2.49. The first-order chi connectivity index (χ1) is 8.58. The summed E-state index contributed by atoms with van der Waals surface area (Å²) in [4.78, 5) is 12.4. The average Bonchev–Trinajstić information content (AvgIpc) is 2.93. The van der Waals surface area contributed by atoms with E-state index in [0.29, 0.717) is 36.9 Å². The number of aromatic nitrogens is 2. The van der Waals surface area contributed by atoms with Crippen LogP contribution < -0.4 is 5.73 Å². The van der Waals surface area contributed by atoms with Crippen molar-refractivity contribution in [3.63, 3.8) is 0 Å². The fourth-order valence-corrected chi connectivity index (χ4v) is 2.16. The normalized spacial score (nSPS) is 23.5. The van der Waals surface area contributed by atoms with Gasteiger partial charge in [0.25, 0.3) is 0 Å². The van der Waals surface area contributed by atoms with Gasteiger partial charge in [0.15, 0.2) is 0 Å². The highest BCUT2D eigenvalue weighted by Crippen LogP contribution is 2.25. The minimum Gasteiger partial charge on any atom is -0.383 e. The molecule has 0 saturated carbocycles. The molecule has 1 aliphatic heterocycles. The summed E-state index contributed by atoms with van der Waals surface area (Å²) >= 11 is 6.02. The van der Waals surface area contributed by atoms with E-state index in [1.807, 2.05) is 0 Å². The Morgan fingerprint density at radius 2 is 2.56 bits per heavy atom. The number of nitrogens with zero attached hydrogens (tertiary/aromatic N) is 2. The van der Waals surface area contributed by atoms with Crippen LogP contribution in [-0.2, 0) is 16.0 Å². The van der Waals surface area contributed by atoms with Crippen molar-refractivity contribution in [1.82, 2.24) is 9.78 Å². The lowest BCUT2D eigenvalue weighted by molar-refractivity contribution is 0.0848. The van der Waals surface area contributed by atoms with Crippen LogP contribution in [0.3, 0.4) is 0 Å². The summed E-state index contributed by atoms with van der Waals surface area (Å²) in [6, 6.07) is 0. The standard InChI is InChI=1S/C11H16ClN3O3/c1-17-5-3-15-9(8(12)6-14-15)10(16)11(13)2-4-18-7-11/h6H,2-5,7,13H2,1H3. The predicted octanol–water partition coefficient (Wildman–Crippen LogP) is 0.483. The highest BCUT2D eigenvalue weighted by molar-refractivity contribution is 6.34. The number of halogens is 1. The Hall–Kier alpha value is -0.950. The van der Waals surface area contributed by atoms with Gasteiger partial charge in [0, 0.05) is 13.7 Å². The maximum absolute atomic E-state index is 12.4. The highest BCUT2D eigenvalue weighted by atomic mass is 35.5. The number of carbonyl (C=O) groups is 1. The van der Waals surface area contributed by atoms with Gasteiger partial charge in [-0.2, -0.15) is 5.10 Å². The number of nitrogens with two attached hydrogens (primary N) is 1. The van der Waals surface area contributed by atoms with E-state index in [1.54, 1.807) is 7.11 Å². The highest BCUT2D eigenvalue weighted by Gasteiger charge is 2.41. The Morgan fingerprint density at radius 1 is 1.78 bits per heavy atom. The van der Waals surface area contributed by atoms with Crippen LogP contribution in [0.4, 0.5) is 0 Å². The predicted molar refractivity (Wildman–Crippen MR) is 65.8 cm³/mol. The van der Waals surface area contributed by atoms with Crippen LogP contribution in [0.25, 0.3) is 0 Å². The van der Waals surface area contributed by atoms with Crippen molar-refractivity contribution in [1.29, 1.82) is 0 Å². The Labute approximate surface area is 110 Å². The summed E-state index contributed by atoms with van der Waals surface area (Å²) in [5.41, 5.74) is 5.40. The summed E-state index contributed by atoms with van der Waals surface area (Å²) in [7, 11) is 1.59. The lowest BCUT2D eigenvalue weighted by Gasteiger charge is -2.20. The van der Waals surface area contributed by atoms with E-state index < -0.39 is 5.54 Å². The van der Waals surface area contributed by atoms with E-state index in [2.05, 4.69) is 5.10 Å². The Kier molecular flexibility index (Phi) is 4.01. The smallest absolute Gasteiger partial charge is 0.204 e. The maximum Gasteiger partial charge on any atom is 0.204 e. The van der Waals surface area contributed by atoms with E-state index in [4.69, 9.17) is 26.8 Å². The molecule has 0 aromatic carbocycles. The van der Waals surface area contributed by atoms with Gasteiger partial charge in [0.2, 0.25) is 5.78 Å². The van der Waals surface area contributed by atoms with Crippen LogP contribution in [0.2, 0.25) is 5.02 Å². The quantitative estimate of drug-likeness (QED) is 0.790. The third kappa shape index (κ3) is 2.42. The van der Waals surface area contributed by atoms with Crippen molar-refractivity contribution in [2.45, 2.75) is 18.5 Å². The number of carbonyl (C=O) groups excluding carboxylic acids is 1. The van der Waals surface area contributed by atoms with E-state index in [0.717, 1.165) is 0 Å². The molecular formula is C11H16ClN3O3. The van der Waals surface area contributed by atoms with Gasteiger partial charge in [0.05, 0.1) is 31.0 Å². The van der Waals surface area contributed by atoms with Gasteiger partial charge in [0.1, 0.15) is 11.2 Å². The number of methoxy groups -OCH3 is 1. The van der Waals surface area contributed by atoms with Crippen LogP contribution in [0, 0.1) is 0 Å². The lowest BCUT2D eigenvalue weighted by atomic mass is 9.92. The zero-order chi connectivity index (χ0) is 13.2. The van der Waals surface area contributed by atoms with Crippen LogP contribution in [0.5, 0.6) is 0 Å². The van der Waals surface area contributed by atoms with Gasteiger partial charge in [-0.1, -0.05) is 11.6 Å². The molecule has 1 unspecified atom stereocenters. The Morgan fingerprint density at radius 3 is 3.17 bits per heavy atom. The molecule has 0 radical (unpaired) electrons. The molecule has 100 valence electrons. The van der Waals surface area contributed by atoms with Gasteiger partial charge in [-0.25, -0.2) is 0 Å². The third-order valence-corrected chi connectivity index (χ3v) is 3.30. The van der Waals surface area contributed by atoms with Crippen molar-refractivity contribution >= 4 is 17.4 Å². The first-order valence-corrected chi connectivity index (χ1v) is 6.08. The van der Waals surface area contributed by atoms with Crippen molar-refractivity contribution in [2.75, 3.05) is 26.9 Å². The molecule has 0 amide bonds. The molecule has 7 heteroatoms. The van der Waals surface area contributed by atoms with Crippen molar-refractivity contribution in [3.05, 3.63) is 16.9 Å². The Bertz CT molecular complexity index is 441. The van der Waals surface area contributed by atoms with Gasteiger partial charge < -0.3 is 15.2 Å². The molecule has 2 rings (SSSR count). The molecule has 2 N–H and O–H groups in total. The Balaban J connectivity index is 2.26. The topological polar surface area (TPSA) is 79.4 Å². The van der Waals surface area contributed by atoms with Crippen molar-refractivity contribution < 1.29 is 14.3 Å². The minimum absolute atomic E-state index is 0.220. The second kappa shape index (κ2) is 5.36. The number of hydrogen-bond donors (Lipinski definition) is 1. The molecule has 18 heavy (non-hydrogen) atoms. The molecule has 1 aliphatic rings. The second-order valence-corrected chi connectivity index (χ2v) is 4.75. The van der Waals surface area contributed by atoms with E-state index in [9.17, 15) is 4.79 Å². The van der Waals surface area contributed by atoms with Gasteiger partial charge in [-0.05, 0) is 6.42 Å². The molecular weight excluding hydrogens is 258 g/mol. The first kappa shape index (κ1) is 13.5. The minimum atomic E-state index is -0.992. The molecule has 1 aromatic rings. The van der Waals surface area contributed by atoms with Crippen LogP contribution in [0.15, 0.2) is 6.20 Å². The molecule has 6 nitrogen and oxygen atoms in total. The summed E-state index contributed by atoms with van der Waals surface area (Å²) in [6.45, 7) is 1.62. The SMILES string of the molecule is COCCn1ncc(Cl)c1C(=O)C1(N)CCOC1. The zero-order valence-corrected chi connectivity index (χ0v) is 10.9. The largest absolute Gasteiger partial charge is 0.383 e. The summed E-state index contributed by atoms with van der Waals surface area (Å²) in [5.74, 6) is -0.224. The number of ether oxygens (including phenoxy) is 2. The van der Waals surface area contributed by atoms with Crippen LogP contribution in [0.1, 0.15) is 16.9 Å². The molecule has 0 spiro atoms. The fraction of sp³-hybridized carbons (Fsp3) is 0.636. The van der Waals surface area contributed by atoms with Gasteiger partial charge in [-0.15, -0.1) is 0 Å². The van der Waals surface area contributed by atoms with E-state index in [1.165, 1.54) is 10.9 Å². The molecule has 0 aliphatic carbocycles. The monoisotopic (exact) mass is 273 g/mol. The molecule has 1 atom stereocenters. The third-order valence-electron chi connectivity index (χ3n) is 3.02. The van der Waals surface area contributed by atoms with Gasteiger partial charge >= 0.3 is 0 Å².